The summed E-state index contributed by atoms with van der Waals surface area (Å²) < 4.78 is 40.0. The number of anilines is 1. The Hall–Kier alpha value is -1.31. The van der Waals surface area contributed by atoms with Gasteiger partial charge in [0.15, 0.2) is 0 Å². The van der Waals surface area contributed by atoms with E-state index in [1.165, 1.54) is 12.3 Å². The number of hydrogen-bond donors (Lipinski definition) is 0. The van der Waals surface area contributed by atoms with E-state index < -0.39 is 12.1 Å². The highest BCUT2D eigenvalue weighted by molar-refractivity contribution is 5.61. The Balaban J connectivity index is 2.05. The van der Waals surface area contributed by atoms with Gasteiger partial charge in [0.2, 0.25) is 0 Å². The number of likely N-dealkylation sites (N-methyl/N-ethyl adjacent to an activating group) is 1. The van der Waals surface area contributed by atoms with Crippen LogP contribution in [-0.2, 0) is 11.4 Å². The van der Waals surface area contributed by atoms with Crippen molar-refractivity contribution in [2.24, 2.45) is 0 Å². The van der Waals surface area contributed by atoms with Crippen LogP contribution in [0, 0.1) is 0 Å². The van der Waals surface area contributed by atoms with Crippen molar-refractivity contribution in [1.29, 1.82) is 0 Å². The molecule has 0 saturated carbocycles. The molecule has 110 valence electrons. The van der Waals surface area contributed by atoms with E-state index >= 15 is 0 Å². The standard InChI is InChI=1S/C13H16F3N3O/c1-17-6-9-4-3-5-11(18-8-19(18)20-2)12(9)10(7-17)13(14,15)16/h3-5,10H,6-8H2,1-2H3. The Morgan fingerprint density at radius 1 is 1.30 bits per heavy atom. The second-order valence-corrected chi connectivity index (χ2v) is 5.22. The molecule has 1 saturated heterocycles. The van der Waals surface area contributed by atoms with Gasteiger partial charge in [-0.3, -0.25) is 9.85 Å². The van der Waals surface area contributed by atoms with Crippen molar-refractivity contribution < 1.29 is 18.0 Å². The molecule has 0 bridgehead atoms. The summed E-state index contributed by atoms with van der Waals surface area (Å²) in [5.41, 5.74) is 1.72. The Labute approximate surface area is 115 Å². The van der Waals surface area contributed by atoms with Gasteiger partial charge in [-0.15, -0.1) is 0 Å². The average molecular weight is 287 g/mol. The molecule has 0 N–H and O–H groups in total. The number of hydrogen-bond acceptors (Lipinski definition) is 4. The molecule has 0 amide bonds. The molecular formula is C13H16F3N3O. The fraction of sp³-hybridized carbons (Fsp3) is 0.538. The van der Waals surface area contributed by atoms with E-state index in [1.54, 1.807) is 35.2 Å². The maximum atomic E-state index is 13.3. The molecule has 3 rings (SSSR count). The highest BCUT2D eigenvalue weighted by Crippen LogP contribution is 2.45. The van der Waals surface area contributed by atoms with Crippen molar-refractivity contribution in [3.63, 3.8) is 0 Å². The highest BCUT2D eigenvalue weighted by Gasteiger charge is 2.47. The zero-order chi connectivity index (χ0) is 14.5. The smallest absolute Gasteiger partial charge is 0.301 e. The third-order valence-electron chi connectivity index (χ3n) is 3.78. The molecule has 20 heavy (non-hydrogen) atoms. The number of fused-ring (bicyclic) bond motifs is 1. The SMILES string of the molecule is CON1CN1c1cccc2c1C(C(F)(F)F)CN(C)C2. The van der Waals surface area contributed by atoms with E-state index in [1.807, 2.05) is 0 Å². The van der Waals surface area contributed by atoms with Crippen LogP contribution in [-0.4, -0.2) is 43.6 Å². The first kappa shape index (κ1) is 13.7. The van der Waals surface area contributed by atoms with Gasteiger partial charge in [-0.2, -0.15) is 13.2 Å². The number of alkyl halides is 3. The van der Waals surface area contributed by atoms with Crippen molar-refractivity contribution in [2.75, 3.05) is 32.4 Å². The van der Waals surface area contributed by atoms with E-state index in [2.05, 4.69) is 0 Å². The Morgan fingerprint density at radius 2 is 2.05 bits per heavy atom. The zero-order valence-corrected chi connectivity index (χ0v) is 11.3. The van der Waals surface area contributed by atoms with Gasteiger partial charge in [-0.05, 0) is 24.2 Å². The van der Waals surface area contributed by atoms with Crippen LogP contribution in [0.1, 0.15) is 17.0 Å². The molecule has 1 aromatic rings. The van der Waals surface area contributed by atoms with Crippen LogP contribution in [0.5, 0.6) is 0 Å². The number of hydrazine groups is 1. The van der Waals surface area contributed by atoms with Gasteiger partial charge in [-0.25, -0.2) is 0 Å². The van der Waals surface area contributed by atoms with Gasteiger partial charge in [-0.1, -0.05) is 17.3 Å². The number of benzene rings is 1. The summed E-state index contributed by atoms with van der Waals surface area (Å²) in [5.74, 6) is -1.45. The summed E-state index contributed by atoms with van der Waals surface area (Å²) in [6.07, 6.45) is -4.24. The second-order valence-electron chi connectivity index (χ2n) is 5.22. The van der Waals surface area contributed by atoms with Crippen LogP contribution in [0.2, 0.25) is 0 Å². The minimum absolute atomic E-state index is 0.00562. The monoisotopic (exact) mass is 287 g/mol. The molecule has 2 unspecified atom stereocenters. The van der Waals surface area contributed by atoms with Crippen LogP contribution in [0.15, 0.2) is 18.2 Å². The molecule has 1 fully saturated rings. The lowest BCUT2D eigenvalue weighted by atomic mass is 9.88. The lowest BCUT2D eigenvalue weighted by molar-refractivity contribution is -0.156. The van der Waals surface area contributed by atoms with E-state index in [9.17, 15) is 13.2 Å². The van der Waals surface area contributed by atoms with Crippen molar-refractivity contribution in [1.82, 2.24) is 10.1 Å². The van der Waals surface area contributed by atoms with Gasteiger partial charge in [0.25, 0.3) is 0 Å². The lowest BCUT2D eigenvalue weighted by Crippen LogP contribution is -2.38. The van der Waals surface area contributed by atoms with Crippen molar-refractivity contribution >= 4 is 5.69 Å². The van der Waals surface area contributed by atoms with Crippen LogP contribution in [0.3, 0.4) is 0 Å². The second kappa shape index (κ2) is 4.61. The fourth-order valence-corrected chi connectivity index (χ4v) is 2.83. The first-order valence-corrected chi connectivity index (χ1v) is 6.38. The molecule has 2 aliphatic heterocycles. The predicted molar refractivity (Wildman–Crippen MR) is 67.8 cm³/mol. The molecule has 2 aliphatic rings. The molecule has 0 spiro atoms. The van der Waals surface area contributed by atoms with Crippen LogP contribution >= 0.6 is 0 Å². The topological polar surface area (TPSA) is 18.5 Å². The van der Waals surface area contributed by atoms with Crippen LogP contribution < -0.4 is 5.01 Å². The third kappa shape index (κ3) is 2.25. The maximum absolute atomic E-state index is 13.3. The Kier molecular flexibility index (Phi) is 3.15. The van der Waals surface area contributed by atoms with E-state index in [0.29, 0.717) is 24.5 Å². The van der Waals surface area contributed by atoms with Crippen LogP contribution in [0.4, 0.5) is 18.9 Å². The average Bonchev–Trinajstić information content (AvgIpc) is 3.15. The molecule has 0 radical (unpaired) electrons. The Morgan fingerprint density at radius 3 is 2.65 bits per heavy atom. The largest absolute Gasteiger partial charge is 0.397 e. The molecule has 0 aromatic heterocycles. The number of hydroxylamine groups is 1. The maximum Gasteiger partial charge on any atom is 0.397 e. The molecular weight excluding hydrogens is 271 g/mol. The highest BCUT2D eigenvalue weighted by atomic mass is 19.4. The van der Waals surface area contributed by atoms with Gasteiger partial charge >= 0.3 is 6.18 Å². The summed E-state index contributed by atoms with van der Waals surface area (Å²) in [6, 6.07) is 5.29. The minimum atomic E-state index is -4.24. The summed E-state index contributed by atoms with van der Waals surface area (Å²) >= 11 is 0. The van der Waals surface area contributed by atoms with Gasteiger partial charge < -0.3 is 4.90 Å². The van der Waals surface area contributed by atoms with E-state index in [0.717, 1.165) is 5.56 Å². The van der Waals surface area contributed by atoms with Gasteiger partial charge in [0.1, 0.15) is 6.67 Å². The summed E-state index contributed by atoms with van der Waals surface area (Å²) in [6.45, 7) is 1.03. The Bertz CT molecular complexity index is 520. The molecule has 7 heteroatoms. The predicted octanol–water partition coefficient (Wildman–Crippen LogP) is 2.33. The van der Waals surface area contributed by atoms with Gasteiger partial charge in [0.05, 0.1) is 18.7 Å². The zero-order valence-electron chi connectivity index (χ0n) is 11.3. The van der Waals surface area contributed by atoms with Gasteiger partial charge in [0, 0.05) is 13.1 Å². The molecule has 4 nitrogen and oxygen atoms in total. The summed E-state index contributed by atoms with van der Waals surface area (Å²) in [4.78, 5) is 6.74. The minimum Gasteiger partial charge on any atom is -0.301 e. The number of halogens is 3. The van der Waals surface area contributed by atoms with Crippen LogP contribution in [0.25, 0.3) is 0 Å². The lowest BCUT2D eigenvalue weighted by Gasteiger charge is -2.34. The molecule has 2 atom stereocenters. The summed E-state index contributed by atoms with van der Waals surface area (Å²) in [7, 11) is 3.22. The van der Waals surface area contributed by atoms with E-state index in [4.69, 9.17) is 4.84 Å². The quantitative estimate of drug-likeness (QED) is 0.777. The van der Waals surface area contributed by atoms with Crippen molar-refractivity contribution in [3.05, 3.63) is 29.3 Å². The fourth-order valence-electron chi connectivity index (χ4n) is 2.83. The first-order valence-electron chi connectivity index (χ1n) is 6.38. The molecule has 1 aromatic carbocycles. The molecule has 2 heterocycles. The van der Waals surface area contributed by atoms with E-state index in [-0.39, 0.29) is 6.54 Å². The number of rotatable bonds is 2. The third-order valence-corrected chi connectivity index (χ3v) is 3.78. The molecule has 0 aliphatic carbocycles. The summed E-state index contributed by atoms with van der Waals surface area (Å²) in [5, 5.41) is 3.24. The normalized spacial score (nSPS) is 26.6. The number of nitrogens with zero attached hydrogens (tertiary/aromatic N) is 3. The van der Waals surface area contributed by atoms with Crippen molar-refractivity contribution in [3.8, 4) is 0 Å². The van der Waals surface area contributed by atoms with Crippen molar-refractivity contribution in [2.45, 2.75) is 18.6 Å². The first-order chi connectivity index (χ1) is 9.41.